The number of rotatable bonds is 5. The first-order valence-electron chi connectivity index (χ1n) is 9.45. The number of carbonyl (C=O) groups is 2. The van der Waals surface area contributed by atoms with Crippen LogP contribution in [0.25, 0.3) is 5.57 Å². The van der Waals surface area contributed by atoms with Crippen LogP contribution in [0.3, 0.4) is 0 Å². The number of methoxy groups -OCH3 is 1. The molecule has 0 radical (unpaired) electrons. The number of halogens is 2. The van der Waals surface area contributed by atoms with Gasteiger partial charge in [-0.1, -0.05) is 47.5 Å². The molecule has 0 fully saturated rings. The molecule has 1 aliphatic rings. The van der Waals surface area contributed by atoms with Crippen LogP contribution in [0.4, 0.5) is 11.4 Å². The molecule has 4 rings (SSSR count). The van der Waals surface area contributed by atoms with Crippen LogP contribution in [0.5, 0.6) is 5.75 Å². The number of benzene rings is 3. The minimum absolute atomic E-state index is 0.134. The number of hydrogen-bond donors (Lipinski definition) is 1. The Kier molecular flexibility index (Phi) is 5.72. The normalized spacial score (nSPS) is 13.7. The third kappa shape index (κ3) is 4.02. The lowest BCUT2D eigenvalue weighted by atomic mass is 10.0. The first-order valence-corrected chi connectivity index (χ1v) is 10.2. The number of carbonyl (C=O) groups excluding carboxylic acids is 2. The molecule has 0 saturated heterocycles. The van der Waals surface area contributed by atoms with Gasteiger partial charge in [0.2, 0.25) is 0 Å². The summed E-state index contributed by atoms with van der Waals surface area (Å²) in [7, 11) is 1.52. The second kappa shape index (κ2) is 8.46. The summed E-state index contributed by atoms with van der Waals surface area (Å²) in [5.74, 6) is -0.411. The summed E-state index contributed by atoms with van der Waals surface area (Å²) in [4.78, 5) is 28.1. The Balaban J connectivity index is 1.86. The van der Waals surface area contributed by atoms with Crippen LogP contribution in [-0.4, -0.2) is 18.9 Å². The molecule has 31 heavy (non-hydrogen) atoms. The van der Waals surface area contributed by atoms with Gasteiger partial charge in [-0.2, -0.15) is 0 Å². The van der Waals surface area contributed by atoms with Crippen LogP contribution in [-0.2, 0) is 9.59 Å². The lowest BCUT2D eigenvalue weighted by molar-refractivity contribution is -0.120. The first-order chi connectivity index (χ1) is 14.9. The first kappa shape index (κ1) is 21.0. The second-order valence-corrected chi connectivity index (χ2v) is 7.88. The molecule has 0 saturated carbocycles. The fourth-order valence-electron chi connectivity index (χ4n) is 3.44. The highest BCUT2D eigenvalue weighted by molar-refractivity contribution is 6.46. The summed E-state index contributed by atoms with van der Waals surface area (Å²) in [5.41, 5.74) is 2.85. The summed E-state index contributed by atoms with van der Waals surface area (Å²) >= 11 is 12.2. The van der Waals surface area contributed by atoms with Gasteiger partial charge >= 0.3 is 0 Å². The van der Waals surface area contributed by atoms with Crippen molar-refractivity contribution < 1.29 is 14.3 Å². The van der Waals surface area contributed by atoms with Gasteiger partial charge in [0, 0.05) is 10.0 Å². The van der Waals surface area contributed by atoms with Crippen molar-refractivity contribution in [2.45, 2.75) is 6.92 Å². The van der Waals surface area contributed by atoms with Crippen LogP contribution in [0.1, 0.15) is 11.1 Å². The van der Waals surface area contributed by atoms with E-state index >= 15 is 0 Å². The summed E-state index contributed by atoms with van der Waals surface area (Å²) in [6.07, 6.45) is 0. The number of amides is 2. The van der Waals surface area contributed by atoms with Gasteiger partial charge in [-0.25, -0.2) is 4.90 Å². The van der Waals surface area contributed by atoms with Gasteiger partial charge in [0.15, 0.2) is 0 Å². The van der Waals surface area contributed by atoms with E-state index in [4.69, 9.17) is 27.9 Å². The molecule has 0 atom stereocenters. The molecule has 2 amide bonds. The number of aryl methyl sites for hydroxylation is 1. The number of imide groups is 1. The van der Waals surface area contributed by atoms with Crippen molar-refractivity contribution in [2.24, 2.45) is 0 Å². The van der Waals surface area contributed by atoms with Crippen molar-refractivity contribution in [2.75, 3.05) is 17.3 Å². The molecule has 1 heterocycles. The molecule has 0 unspecified atom stereocenters. The molecule has 0 aromatic heterocycles. The molecular formula is C24H18Cl2N2O3. The molecule has 3 aromatic rings. The number of ether oxygens (including phenoxy) is 1. The summed E-state index contributed by atoms with van der Waals surface area (Å²) < 4.78 is 5.39. The number of nitrogens with one attached hydrogen (secondary N) is 1. The molecule has 5 nitrogen and oxygen atoms in total. The maximum atomic E-state index is 13.5. The van der Waals surface area contributed by atoms with Crippen molar-refractivity contribution in [3.8, 4) is 5.75 Å². The largest absolute Gasteiger partial charge is 0.495 e. The van der Waals surface area contributed by atoms with Crippen molar-refractivity contribution in [3.63, 3.8) is 0 Å². The highest BCUT2D eigenvalue weighted by Crippen LogP contribution is 2.37. The number of anilines is 2. The zero-order valence-corrected chi connectivity index (χ0v) is 18.3. The maximum Gasteiger partial charge on any atom is 0.282 e. The van der Waals surface area contributed by atoms with Gasteiger partial charge in [-0.3, -0.25) is 9.59 Å². The molecule has 1 N–H and O–H groups in total. The van der Waals surface area contributed by atoms with Gasteiger partial charge in [0.05, 0.1) is 24.1 Å². The maximum absolute atomic E-state index is 13.5. The molecule has 0 aliphatic carbocycles. The molecule has 7 heteroatoms. The van der Waals surface area contributed by atoms with E-state index in [0.717, 1.165) is 10.5 Å². The van der Waals surface area contributed by atoms with Crippen molar-refractivity contribution in [1.29, 1.82) is 0 Å². The lowest BCUT2D eigenvalue weighted by Crippen LogP contribution is -2.32. The third-order valence-corrected chi connectivity index (χ3v) is 5.38. The summed E-state index contributed by atoms with van der Waals surface area (Å²) in [5, 5.41) is 4.08. The van der Waals surface area contributed by atoms with Gasteiger partial charge < -0.3 is 10.1 Å². The minimum atomic E-state index is -0.470. The zero-order valence-electron chi connectivity index (χ0n) is 16.8. The zero-order chi connectivity index (χ0) is 22.1. The van der Waals surface area contributed by atoms with Crippen molar-refractivity contribution >= 4 is 52.0 Å². The SMILES string of the molecule is COc1ccc(Cl)cc1NC1=C(c2ccc(Cl)cc2)C(=O)N(c2cccc(C)c2)C1=O. The van der Waals surface area contributed by atoms with Crippen molar-refractivity contribution in [1.82, 2.24) is 0 Å². The predicted molar refractivity (Wildman–Crippen MR) is 124 cm³/mol. The Labute approximate surface area is 189 Å². The van der Waals surface area contributed by atoms with E-state index in [9.17, 15) is 9.59 Å². The van der Waals surface area contributed by atoms with Crippen LogP contribution >= 0.6 is 23.2 Å². The Morgan fingerprint density at radius 1 is 0.871 bits per heavy atom. The average molecular weight is 453 g/mol. The molecule has 0 spiro atoms. The summed E-state index contributed by atoms with van der Waals surface area (Å²) in [6.45, 7) is 1.90. The number of nitrogens with zero attached hydrogens (tertiary/aromatic N) is 1. The smallest absolute Gasteiger partial charge is 0.282 e. The average Bonchev–Trinajstić information content (AvgIpc) is 2.98. The predicted octanol–water partition coefficient (Wildman–Crippen LogP) is 5.71. The topological polar surface area (TPSA) is 58.6 Å². The molecule has 3 aromatic carbocycles. The Morgan fingerprint density at radius 3 is 2.26 bits per heavy atom. The van der Waals surface area contributed by atoms with Gasteiger partial charge in [0.1, 0.15) is 11.4 Å². The van der Waals surface area contributed by atoms with E-state index in [-0.39, 0.29) is 11.3 Å². The summed E-state index contributed by atoms with van der Waals surface area (Å²) in [6, 6.07) is 19.0. The van der Waals surface area contributed by atoms with Crippen LogP contribution < -0.4 is 15.0 Å². The van der Waals surface area contributed by atoms with Crippen LogP contribution in [0.2, 0.25) is 10.0 Å². The monoisotopic (exact) mass is 452 g/mol. The van der Waals surface area contributed by atoms with E-state index in [1.165, 1.54) is 7.11 Å². The van der Waals surface area contributed by atoms with Crippen LogP contribution in [0.15, 0.2) is 72.4 Å². The van der Waals surface area contributed by atoms with E-state index in [2.05, 4.69) is 5.32 Å². The van der Waals surface area contributed by atoms with Crippen molar-refractivity contribution in [3.05, 3.63) is 93.6 Å². The van der Waals surface area contributed by atoms with E-state index in [0.29, 0.717) is 32.7 Å². The van der Waals surface area contributed by atoms with Gasteiger partial charge in [-0.05, 0) is 60.5 Å². The minimum Gasteiger partial charge on any atom is -0.495 e. The fraction of sp³-hybridized carbons (Fsp3) is 0.0833. The van der Waals surface area contributed by atoms with E-state index in [1.807, 2.05) is 13.0 Å². The molecule has 156 valence electrons. The third-order valence-electron chi connectivity index (χ3n) is 4.90. The van der Waals surface area contributed by atoms with E-state index < -0.39 is 11.8 Å². The molecule has 0 bridgehead atoms. The second-order valence-electron chi connectivity index (χ2n) is 7.01. The molecule has 1 aliphatic heterocycles. The highest BCUT2D eigenvalue weighted by Gasteiger charge is 2.40. The standard InChI is InChI=1S/C24H18Cl2N2O3/c1-14-4-3-5-18(12-14)28-23(29)21(15-6-8-16(25)9-7-15)22(24(28)30)27-19-13-17(26)10-11-20(19)31-2/h3-13,27H,1-2H3. The Bertz CT molecular complexity index is 1220. The van der Waals surface area contributed by atoms with Crippen LogP contribution in [0, 0.1) is 6.92 Å². The quantitative estimate of drug-likeness (QED) is 0.503. The Morgan fingerprint density at radius 2 is 1.58 bits per heavy atom. The number of hydrogen-bond acceptors (Lipinski definition) is 4. The van der Waals surface area contributed by atoms with Gasteiger partial charge in [-0.15, -0.1) is 0 Å². The lowest BCUT2D eigenvalue weighted by Gasteiger charge is -2.16. The Hall–Kier alpha value is -3.28. The highest BCUT2D eigenvalue weighted by atomic mass is 35.5. The fourth-order valence-corrected chi connectivity index (χ4v) is 3.74. The molecular weight excluding hydrogens is 435 g/mol. The van der Waals surface area contributed by atoms with Gasteiger partial charge in [0.25, 0.3) is 11.8 Å². The van der Waals surface area contributed by atoms with E-state index in [1.54, 1.807) is 60.7 Å².